The van der Waals surface area contributed by atoms with Crippen LogP contribution in [-0.2, 0) is 14.5 Å². The van der Waals surface area contributed by atoms with Crippen molar-refractivity contribution in [2.75, 3.05) is 14.2 Å². The van der Waals surface area contributed by atoms with Gasteiger partial charge >= 0.3 is 5.97 Å². The summed E-state index contributed by atoms with van der Waals surface area (Å²) in [6, 6.07) is 0. The highest BCUT2D eigenvalue weighted by atomic mass is 17.0. The van der Waals surface area contributed by atoms with E-state index in [1.165, 1.54) is 14.2 Å². The number of hydroxylamine groups is 2. The molecule has 0 atom stereocenters. The molecular weight excluding hydrogens is 146 g/mol. The first-order valence-corrected chi connectivity index (χ1v) is 3.19. The van der Waals surface area contributed by atoms with Crippen LogP contribution in [0.3, 0.4) is 0 Å². The Kier molecular flexibility index (Phi) is 5.17. The van der Waals surface area contributed by atoms with Crippen molar-refractivity contribution in [3.8, 4) is 11.8 Å². The molecule has 4 heteroatoms. The maximum absolute atomic E-state index is 10.7. The minimum Gasteiger partial charge on any atom is -0.331 e. The summed E-state index contributed by atoms with van der Waals surface area (Å²) in [7, 11) is 2.85. The summed E-state index contributed by atoms with van der Waals surface area (Å²) in [4.78, 5) is 19.7. The average molecular weight is 157 g/mol. The van der Waals surface area contributed by atoms with Gasteiger partial charge in [-0.3, -0.25) is 4.84 Å². The molecule has 0 saturated carbocycles. The monoisotopic (exact) mass is 157 g/mol. The molecule has 0 spiro atoms. The summed E-state index contributed by atoms with van der Waals surface area (Å²) >= 11 is 0. The molecule has 0 aromatic rings. The van der Waals surface area contributed by atoms with E-state index in [9.17, 15) is 4.79 Å². The fraction of sp³-hybridized carbons (Fsp3) is 0.571. The van der Waals surface area contributed by atoms with Crippen LogP contribution in [0.4, 0.5) is 0 Å². The third-order valence-corrected chi connectivity index (χ3v) is 0.836. The minimum atomic E-state index is -0.615. The van der Waals surface area contributed by atoms with Gasteiger partial charge in [0, 0.05) is 12.3 Å². The summed E-state index contributed by atoms with van der Waals surface area (Å²) in [6.45, 7) is 1.85. The fourth-order valence-electron chi connectivity index (χ4n) is 0.337. The Labute approximate surface area is 66.0 Å². The van der Waals surface area contributed by atoms with Crippen molar-refractivity contribution in [3.63, 3.8) is 0 Å². The number of nitrogens with zero attached hydrogens (tertiary/aromatic N) is 1. The van der Waals surface area contributed by atoms with Crippen molar-refractivity contribution in [1.82, 2.24) is 5.23 Å². The lowest BCUT2D eigenvalue weighted by Crippen LogP contribution is -2.20. The van der Waals surface area contributed by atoms with Crippen LogP contribution >= 0.6 is 0 Å². The van der Waals surface area contributed by atoms with Crippen molar-refractivity contribution in [2.45, 2.75) is 13.3 Å². The molecule has 11 heavy (non-hydrogen) atoms. The lowest BCUT2D eigenvalue weighted by Gasteiger charge is -2.09. The summed E-state index contributed by atoms with van der Waals surface area (Å²) in [5.74, 6) is 4.22. The largest absolute Gasteiger partial charge is 0.405 e. The SMILES string of the molecule is CCC#CC(=O)ON(C)OC. The molecule has 0 bridgehead atoms. The van der Waals surface area contributed by atoms with Crippen LogP contribution in [0.15, 0.2) is 0 Å². The van der Waals surface area contributed by atoms with Gasteiger partial charge in [0.1, 0.15) is 0 Å². The lowest BCUT2D eigenvalue weighted by molar-refractivity contribution is -0.314. The molecule has 0 aliphatic carbocycles. The number of hydrogen-bond acceptors (Lipinski definition) is 4. The van der Waals surface area contributed by atoms with E-state index in [4.69, 9.17) is 0 Å². The summed E-state index contributed by atoms with van der Waals surface area (Å²) < 4.78 is 0. The van der Waals surface area contributed by atoms with Crippen LogP contribution in [0, 0.1) is 11.8 Å². The number of rotatable bonds is 2. The molecule has 0 rings (SSSR count). The quantitative estimate of drug-likeness (QED) is 0.428. The molecule has 0 aliphatic rings. The first-order valence-electron chi connectivity index (χ1n) is 3.19. The van der Waals surface area contributed by atoms with Gasteiger partial charge in [-0.05, 0) is 5.23 Å². The third kappa shape index (κ3) is 5.40. The Morgan fingerprint density at radius 3 is 2.73 bits per heavy atom. The van der Waals surface area contributed by atoms with Crippen molar-refractivity contribution in [3.05, 3.63) is 0 Å². The van der Waals surface area contributed by atoms with Gasteiger partial charge in [-0.15, -0.1) is 0 Å². The lowest BCUT2D eigenvalue weighted by atomic mass is 10.5. The van der Waals surface area contributed by atoms with Gasteiger partial charge < -0.3 is 4.84 Å². The normalized spacial score (nSPS) is 8.73. The smallest absolute Gasteiger partial charge is 0.331 e. The summed E-state index contributed by atoms with van der Waals surface area (Å²) in [5, 5.41) is 0.937. The van der Waals surface area contributed by atoms with E-state index < -0.39 is 5.97 Å². The van der Waals surface area contributed by atoms with Crippen molar-refractivity contribution < 1.29 is 14.5 Å². The summed E-state index contributed by atoms with van der Waals surface area (Å²) in [5.41, 5.74) is 0. The molecule has 0 N–H and O–H groups in total. The molecule has 0 unspecified atom stereocenters. The number of hydrogen-bond donors (Lipinski definition) is 0. The van der Waals surface area contributed by atoms with Gasteiger partial charge in [0.25, 0.3) is 0 Å². The van der Waals surface area contributed by atoms with E-state index in [0.717, 1.165) is 5.23 Å². The molecule has 62 valence electrons. The molecule has 0 saturated heterocycles. The van der Waals surface area contributed by atoms with Gasteiger partial charge in [0.15, 0.2) is 0 Å². The Hall–Kier alpha value is -1.05. The first kappa shape index (κ1) is 9.95. The molecule has 0 heterocycles. The van der Waals surface area contributed by atoms with E-state index >= 15 is 0 Å². The predicted molar refractivity (Wildman–Crippen MR) is 38.9 cm³/mol. The van der Waals surface area contributed by atoms with Crippen LogP contribution in [0.25, 0.3) is 0 Å². The minimum absolute atomic E-state index is 0.615. The second kappa shape index (κ2) is 5.71. The second-order valence-corrected chi connectivity index (χ2v) is 1.66. The van der Waals surface area contributed by atoms with E-state index in [-0.39, 0.29) is 0 Å². The van der Waals surface area contributed by atoms with E-state index in [0.29, 0.717) is 6.42 Å². The van der Waals surface area contributed by atoms with Crippen LogP contribution in [-0.4, -0.2) is 25.4 Å². The Morgan fingerprint density at radius 2 is 2.27 bits per heavy atom. The average Bonchev–Trinajstić information content (AvgIpc) is 2.00. The molecule has 0 amide bonds. The molecule has 0 aromatic heterocycles. The highest BCUT2D eigenvalue weighted by Crippen LogP contribution is 1.84. The van der Waals surface area contributed by atoms with E-state index in [2.05, 4.69) is 21.5 Å². The molecule has 0 aromatic carbocycles. The zero-order valence-electron chi connectivity index (χ0n) is 6.88. The zero-order valence-corrected chi connectivity index (χ0v) is 6.88. The van der Waals surface area contributed by atoms with Crippen molar-refractivity contribution >= 4 is 5.97 Å². The zero-order chi connectivity index (χ0) is 8.69. The summed E-state index contributed by atoms with van der Waals surface area (Å²) in [6.07, 6.45) is 0.631. The third-order valence-electron chi connectivity index (χ3n) is 0.836. The highest BCUT2D eigenvalue weighted by molar-refractivity contribution is 5.88. The molecule has 4 nitrogen and oxygen atoms in total. The Bertz CT molecular complexity index is 180. The number of carbonyl (C=O) groups excluding carboxylic acids is 1. The van der Waals surface area contributed by atoms with Crippen LogP contribution < -0.4 is 0 Å². The van der Waals surface area contributed by atoms with E-state index in [1.54, 1.807) is 0 Å². The van der Waals surface area contributed by atoms with Crippen LogP contribution in [0.5, 0.6) is 0 Å². The van der Waals surface area contributed by atoms with Crippen LogP contribution in [0.1, 0.15) is 13.3 Å². The molecular formula is C7H11NO3. The Morgan fingerprint density at radius 1 is 1.64 bits per heavy atom. The number of carbonyl (C=O) groups is 1. The first-order chi connectivity index (χ1) is 5.20. The molecule has 0 radical (unpaired) electrons. The Balaban J connectivity index is 3.69. The van der Waals surface area contributed by atoms with Gasteiger partial charge in [-0.25, -0.2) is 4.79 Å². The molecule has 0 fully saturated rings. The van der Waals surface area contributed by atoms with Crippen molar-refractivity contribution in [1.29, 1.82) is 0 Å². The highest BCUT2D eigenvalue weighted by Gasteiger charge is 2.00. The van der Waals surface area contributed by atoms with Gasteiger partial charge in [-0.1, -0.05) is 12.8 Å². The fourth-order valence-corrected chi connectivity index (χ4v) is 0.337. The van der Waals surface area contributed by atoms with E-state index in [1.807, 2.05) is 6.92 Å². The topological polar surface area (TPSA) is 38.8 Å². The molecule has 0 aliphatic heterocycles. The van der Waals surface area contributed by atoms with Gasteiger partial charge in [0.05, 0.1) is 14.2 Å². The van der Waals surface area contributed by atoms with Crippen molar-refractivity contribution in [2.24, 2.45) is 0 Å². The standard InChI is InChI=1S/C7H11NO3/c1-4-5-6-7(9)11-8(2)10-3/h4H2,1-3H3. The van der Waals surface area contributed by atoms with Gasteiger partial charge in [-0.2, -0.15) is 0 Å². The maximum Gasteiger partial charge on any atom is 0.405 e. The van der Waals surface area contributed by atoms with Gasteiger partial charge in [0.2, 0.25) is 0 Å². The second-order valence-electron chi connectivity index (χ2n) is 1.66. The maximum atomic E-state index is 10.7. The van der Waals surface area contributed by atoms with Crippen LogP contribution in [0.2, 0.25) is 0 Å². The predicted octanol–water partition coefficient (Wildman–Crippen LogP) is 0.351.